The summed E-state index contributed by atoms with van der Waals surface area (Å²) < 4.78 is 5.84. The molecule has 17 heavy (non-hydrogen) atoms. The minimum atomic E-state index is 0.137. The van der Waals surface area contributed by atoms with Crippen molar-refractivity contribution in [3.8, 4) is 5.75 Å². The van der Waals surface area contributed by atoms with E-state index in [1.165, 1.54) is 17.5 Å². The summed E-state index contributed by atoms with van der Waals surface area (Å²) in [5.74, 6) is 1.69. The molecule has 0 aromatic heterocycles. The first-order valence-corrected chi connectivity index (χ1v) is 6.60. The lowest BCUT2D eigenvalue weighted by molar-refractivity contribution is 0.281. The maximum absolute atomic E-state index is 6.42. The van der Waals surface area contributed by atoms with Gasteiger partial charge in [0, 0.05) is 11.6 Å². The molecule has 1 aliphatic carbocycles. The Bertz CT molecular complexity index is 439. The molecular weight excluding hydrogens is 210 g/mol. The van der Waals surface area contributed by atoms with Gasteiger partial charge in [-0.15, -0.1) is 0 Å². The third-order valence-corrected chi connectivity index (χ3v) is 4.35. The molecule has 0 amide bonds. The Hall–Kier alpha value is -1.02. The highest BCUT2D eigenvalue weighted by Gasteiger charge is 2.49. The molecule has 0 spiro atoms. The van der Waals surface area contributed by atoms with Crippen molar-refractivity contribution in [2.75, 3.05) is 6.61 Å². The van der Waals surface area contributed by atoms with Crippen LogP contribution in [-0.4, -0.2) is 6.61 Å². The van der Waals surface area contributed by atoms with E-state index in [1.54, 1.807) is 0 Å². The van der Waals surface area contributed by atoms with E-state index in [0.29, 0.717) is 11.3 Å². The normalized spacial score (nSPS) is 26.9. The van der Waals surface area contributed by atoms with Gasteiger partial charge in [0.25, 0.3) is 0 Å². The number of nitrogens with two attached hydrogens (primary N) is 1. The molecule has 2 unspecified atom stereocenters. The standard InChI is InChI=1S/C15H21NO/c1-15(2)9-12(15)13(16)11-7-3-5-10-6-4-8-17-14(10)11/h3,5,7,12-13H,4,6,8-9,16H2,1-2H3. The van der Waals surface area contributed by atoms with Crippen molar-refractivity contribution in [1.29, 1.82) is 0 Å². The van der Waals surface area contributed by atoms with Gasteiger partial charge in [0.05, 0.1) is 6.61 Å². The molecule has 2 atom stereocenters. The van der Waals surface area contributed by atoms with Crippen LogP contribution in [0.25, 0.3) is 0 Å². The summed E-state index contributed by atoms with van der Waals surface area (Å²) in [5, 5.41) is 0. The molecule has 3 rings (SSSR count). The minimum absolute atomic E-state index is 0.137. The van der Waals surface area contributed by atoms with Gasteiger partial charge in [-0.25, -0.2) is 0 Å². The Kier molecular flexibility index (Phi) is 2.44. The smallest absolute Gasteiger partial charge is 0.127 e. The van der Waals surface area contributed by atoms with Crippen LogP contribution in [0.4, 0.5) is 0 Å². The largest absolute Gasteiger partial charge is 0.493 e. The van der Waals surface area contributed by atoms with Crippen LogP contribution in [-0.2, 0) is 6.42 Å². The van der Waals surface area contributed by atoms with Crippen molar-refractivity contribution in [3.05, 3.63) is 29.3 Å². The fourth-order valence-electron chi connectivity index (χ4n) is 3.01. The summed E-state index contributed by atoms with van der Waals surface area (Å²) in [6.45, 7) is 5.44. The van der Waals surface area contributed by atoms with E-state index in [-0.39, 0.29) is 6.04 Å². The van der Waals surface area contributed by atoms with Crippen LogP contribution in [0, 0.1) is 11.3 Å². The Labute approximate surface area is 103 Å². The topological polar surface area (TPSA) is 35.2 Å². The maximum Gasteiger partial charge on any atom is 0.127 e. The van der Waals surface area contributed by atoms with Crippen LogP contribution in [0.15, 0.2) is 18.2 Å². The van der Waals surface area contributed by atoms with Gasteiger partial charge >= 0.3 is 0 Å². The SMILES string of the molecule is CC1(C)CC1C(N)c1cccc2c1OCCC2. The zero-order valence-electron chi connectivity index (χ0n) is 10.7. The first-order chi connectivity index (χ1) is 8.09. The third kappa shape index (κ3) is 1.85. The average Bonchev–Trinajstić information content (AvgIpc) is 2.97. The summed E-state index contributed by atoms with van der Waals surface area (Å²) in [7, 11) is 0. The van der Waals surface area contributed by atoms with E-state index >= 15 is 0 Å². The fraction of sp³-hybridized carbons (Fsp3) is 0.600. The highest BCUT2D eigenvalue weighted by Crippen LogP contribution is 2.58. The van der Waals surface area contributed by atoms with Gasteiger partial charge in [0.1, 0.15) is 5.75 Å². The Morgan fingerprint density at radius 2 is 2.18 bits per heavy atom. The molecule has 92 valence electrons. The van der Waals surface area contributed by atoms with Crippen molar-refractivity contribution in [1.82, 2.24) is 0 Å². The molecule has 1 aromatic carbocycles. The van der Waals surface area contributed by atoms with Gasteiger partial charge in [-0.3, -0.25) is 0 Å². The van der Waals surface area contributed by atoms with Gasteiger partial charge in [-0.1, -0.05) is 32.0 Å². The first-order valence-electron chi connectivity index (χ1n) is 6.60. The predicted octanol–water partition coefficient (Wildman–Crippen LogP) is 3.06. The number of ether oxygens (including phenoxy) is 1. The monoisotopic (exact) mass is 231 g/mol. The molecule has 0 radical (unpaired) electrons. The van der Waals surface area contributed by atoms with Crippen LogP contribution in [0.1, 0.15) is 43.9 Å². The number of benzene rings is 1. The van der Waals surface area contributed by atoms with E-state index in [0.717, 1.165) is 25.2 Å². The number of hydrogen-bond donors (Lipinski definition) is 1. The highest BCUT2D eigenvalue weighted by molar-refractivity contribution is 5.45. The molecule has 2 heteroatoms. The van der Waals surface area contributed by atoms with E-state index in [1.807, 2.05) is 0 Å². The molecule has 0 saturated heterocycles. The molecule has 1 heterocycles. The summed E-state index contributed by atoms with van der Waals surface area (Å²) in [4.78, 5) is 0. The fourth-order valence-corrected chi connectivity index (χ4v) is 3.01. The molecule has 2 aliphatic rings. The quantitative estimate of drug-likeness (QED) is 0.849. The van der Waals surface area contributed by atoms with E-state index in [4.69, 9.17) is 10.5 Å². The highest BCUT2D eigenvalue weighted by atomic mass is 16.5. The molecule has 2 N–H and O–H groups in total. The van der Waals surface area contributed by atoms with Crippen molar-refractivity contribution in [2.24, 2.45) is 17.1 Å². The van der Waals surface area contributed by atoms with Crippen LogP contribution >= 0.6 is 0 Å². The van der Waals surface area contributed by atoms with Crippen LogP contribution in [0.3, 0.4) is 0 Å². The lowest BCUT2D eigenvalue weighted by Crippen LogP contribution is -2.19. The Balaban J connectivity index is 1.92. The second-order valence-corrected chi connectivity index (χ2v) is 6.11. The Morgan fingerprint density at radius 1 is 1.41 bits per heavy atom. The zero-order chi connectivity index (χ0) is 12.0. The average molecular weight is 231 g/mol. The van der Waals surface area contributed by atoms with Crippen LogP contribution in [0.5, 0.6) is 5.75 Å². The molecule has 1 saturated carbocycles. The minimum Gasteiger partial charge on any atom is -0.493 e. The molecule has 1 aliphatic heterocycles. The molecule has 1 fully saturated rings. The van der Waals surface area contributed by atoms with Crippen molar-refractivity contribution in [3.63, 3.8) is 0 Å². The predicted molar refractivity (Wildman–Crippen MR) is 69.1 cm³/mol. The molecule has 0 bridgehead atoms. The van der Waals surface area contributed by atoms with Gasteiger partial charge < -0.3 is 10.5 Å². The number of para-hydroxylation sites is 1. The van der Waals surface area contributed by atoms with Crippen molar-refractivity contribution in [2.45, 2.75) is 39.2 Å². The zero-order valence-corrected chi connectivity index (χ0v) is 10.7. The summed E-state index contributed by atoms with van der Waals surface area (Å²) in [5.41, 5.74) is 9.39. The molecular formula is C15H21NO. The summed E-state index contributed by atoms with van der Waals surface area (Å²) in [6.07, 6.45) is 3.49. The van der Waals surface area contributed by atoms with Crippen molar-refractivity contribution < 1.29 is 4.74 Å². The second kappa shape index (κ2) is 3.74. The maximum atomic E-state index is 6.42. The van der Waals surface area contributed by atoms with E-state index < -0.39 is 0 Å². The lowest BCUT2D eigenvalue weighted by Gasteiger charge is -2.24. The first kappa shape index (κ1) is 11.1. The number of hydrogen-bond acceptors (Lipinski definition) is 2. The molecule has 1 aromatic rings. The number of rotatable bonds is 2. The second-order valence-electron chi connectivity index (χ2n) is 6.11. The van der Waals surface area contributed by atoms with Crippen LogP contribution in [0.2, 0.25) is 0 Å². The van der Waals surface area contributed by atoms with Gasteiger partial charge in [-0.2, -0.15) is 0 Å². The van der Waals surface area contributed by atoms with Gasteiger partial charge in [-0.05, 0) is 36.2 Å². The lowest BCUT2D eigenvalue weighted by atomic mass is 9.93. The Morgan fingerprint density at radius 3 is 2.88 bits per heavy atom. The van der Waals surface area contributed by atoms with Crippen molar-refractivity contribution >= 4 is 0 Å². The third-order valence-electron chi connectivity index (χ3n) is 4.35. The van der Waals surface area contributed by atoms with Gasteiger partial charge in [0.15, 0.2) is 0 Å². The molecule has 2 nitrogen and oxygen atoms in total. The van der Waals surface area contributed by atoms with E-state index in [2.05, 4.69) is 32.0 Å². The summed E-state index contributed by atoms with van der Waals surface area (Å²) >= 11 is 0. The summed E-state index contributed by atoms with van der Waals surface area (Å²) in [6, 6.07) is 6.57. The van der Waals surface area contributed by atoms with Crippen LogP contribution < -0.4 is 10.5 Å². The number of fused-ring (bicyclic) bond motifs is 1. The van der Waals surface area contributed by atoms with Gasteiger partial charge in [0.2, 0.25) is 0 Å². The number of aryl methyl sites for hydroxylation is 1. The van der Waals surface area contributed by atoms with E-state index in [9.17, 15) is 0 Å².